The zero-order chi connectivity index (χ0) is 23.8. The van der Waals surface area contributed by atoms with Crippen LogP contribution in [0.1, 0.15) is 86.8 Å². The Kier molecular flexibility index (Phi) is 6.41. The Balaban J connectivity index is 1.36. The van der Waals surface area contributed by atoms with E-state index in [1.165, 1.54) is 44.9 Å². The molecule has 3 aliphatic rings. The predicted molar refractivity (Wildman–Crippen MR) is 136 cm³/mol. The van der Waals surface area contributed by atoms with E-state index in [9.17, 15) is 4.79 Å². The van der Waals surface area contributed by atoms with Gasteiger partial charge in [0.25, 0.3) is 5.56 Å². The van der Waals surface area contributed by atoms with Crippen molar-refractivity contribution in [1.82, 2.24) is 35.0 Å². The number of hydrogen-bond acceptors (Lipinski definition) is 6. The van der Waals surface area contributed by atoms with Crippen LogP contribution in [0.4, 0.5) is 0 Å². The van der Waals surface area contributed by atoms with E-state index in [1.807, 2.05) is 10.7 Å². The van der Waals surface area contributed by atoms with E-state index in [1.54, 1.807) is 0 Å². The summed E-state index contributed by atoms with van der Waals surface area (Å²) in [5.41, 5.74) is 2.74. The van der Waals surface area contributed by atoms with Gasteiger partial charge in [-0.15, -0.1) is 5.10 Å². The molecule has 1 N–H and O–H groups in total. The topological polar surface area (TPSA) is 82.9 Å². The van der Waals surface area contributed by atoms with Gasteiger partial charge in [0.2, 0.25) is 0 Å². The van der Waals surface area contributed by atoms with E-state index in [2.05, 4.69) is 55.4 Å². The molecule has 2 aromatic heterocycles. The highest BCUT2D eigenvalue weighted by Gasteiger charge is 2.35. The molecule has 8 nitrogen and oxygen atoms in total. The van der Waals surface area contributed by atoms with E-state index in [-0.39, 0.29) is 11.6 Å². The number of tetrazole rings is 1. The van der Waals surface area contributed by atoms with E-state index in [0.717, 1.165) is 72.9 Å². The van der Waals surface area contributed by atoms with Crippen LogP contribution in [0.25, 0.3) is 10.9 Å². The molecule has 0 amide bonds. The van der Waals surface area contributed by atoms with Crippen LogP contribution in [-0.2, 0) is 0 Å². The molecule has 1 atom stereocenters. The van der Waals surface area contributed by atoms with E-state index >= 15 is 0 Å². The molecule has 1 saturated heterocycles. The smallest absolute Gasteiger partial charge is 0.253 e. The molecule has 8 heteroatoms. The highest BCUT2D eigenvalue weighted by molar-refractivity contribution is 5.79. The maximum atomic E-state index is 13.5. The largest absolute Gasteiger partial charge is 0.322 e. The van der Waals surface area contributed by atoms with E-state index in [0.29, 0.717) is 6.04 Å². The van der Waals surface area contributed by atoms with Gasteiger partial charge in [0.05, 0.1) is 6.04 Å². The number of H-pyrrole nitrogens is 1. The minimum Gasteiger partial charge on any atom is -0.322 e. The Morgan fingerprint density at radius 2 is 1.63 bits per heavy atom. The fourth-order valence-corrected chi connectivity index (χ4v) is 6.63. The van der Waals surface area contributed by atoms with Crippen LogP contribution in [0.15, 0.2) is 29.1 Å². The molecule has 2 saturated carbocycles. The van der Waals surface area contributed by atoms with Gasteiger partial charge in [-0.05, 0) is 66.1 Å². The standard InChI is InChI=1S/C27H37N7O/c1-19-11-12-20-18-23(27(35)28-24(20)17-19)25(26-29-30-31-34(26)22-9-5-6-10-22)33-15-13-32(14-16-33)21-7-3-2-4-8-21/h11-12,17-18,21-22,25H,2-10,13-16H2,1H3,(H,28,35)/t25-/m0/s1. The normalized spacial score (nSPS) is 22.2. The van der Waals surface area contributed by atoms with Crippen molar-refractivity contribution in [2.45, 2.75) is 82.8 Å². The summed E-state index contributed by atoms with van der Waals surface area (Å²) in [4.78, 5) is 21.8. The molecule has 0 bridgehead atoms. The number of piperazine rings is 1. The van der Waals surface area contributed by atoms with Crippen LogP contribution in [0.3, 0.4) is 0 Å². The number of rotatable bonds is 5. The van der Waals surface area contributed by atoms with Crippen LogP contribution < -0.4 is 5.56 Å². The van der Waals surface area contributed by atoms with Gasteiger partial charge >= 0.3 is 0 Å². The van der Waals surface area contributed by atoms with Crippen LogP contribution in [0.2, 0.25) is 0 Å². The van der Waals surface area contributed by atoms with Gasteiger partial charge in [-0.2, -0.15) is 0 Å². The van der Waals surface area contributed by atoms with Gasteiger partial charge in [0, 0.05) is 43.3 Å². The summed E-state index contributed by atoms with van der Waals surface area (Å²) < 4.78 is 2.03. The molecular formula is C27H37N7O. The number of nitrogens with one attached hydrogen (secondary N) is 1. The number of pyridine rings is 1. The second kappa shape index (κ2) is 9.82. The lowest BCUT2D eigenvalue weighted by molar-refractivity contribution is 0.0613. The molecular weight excluding hydrogens is 438 g/mol. The molecule has 2 aliphatic carbocycles. The lowest BCUT2D eigenvalue weighted by Gasteiger charge is -2.43. The Labute approximate surface area is 206 Å². The summed E-state index contributed by atoms with van der Waals surface area (Å²) in [6.45, 7) is 5.97. The monoisotopic (exact) mass is 475 g/mol. The first kappa shape index (κ1) is 22.9. The highest BCUT2D eigenvalue weighted by Crippen LogP contribution is 2.34. The molecule has 1 aliphatic heterocycles. The Hall–Kier alpha value is -2.58. The first-order valence-corrected chi connectivity index (χ1v) is 13.6. The summed E-state index contributed by atoms with van der Waals surface area (Å²) in [7, 11) is 0. The second-order valence-corrected chi connectivity index (χ2v) is 10.8. The number of nitrogens with zero attached hydrogens (tertiary/aromatic N) is 6. The molecule has 3 fully saturated rings. The fourth-order valence-electron chi connectivity index (χ4n) is 6.63. The summed E-state index contributed by atoms with van der Waals surface area (Å²) in [5.74, 6) is 0.819. The quantitative estimate of drug-likeness (QED) is 0.601. The zero-order valence-corrected chi connectivity index (χ0v) is 20.8. The van der Waals surface area contributed by atoms with Gasteiger partial charge < -0.3 is 4.98 Å². The third-order valence-corrected chi connectivity index (χ3v) is 8.56. The summed E-state index contributed by atoms with van der Waals surface area (Å²) in [6.07, 6.45) is 11.4. The fraction of sp³-hybridized carbons (Fsp3) is 0.630. The maximum Gasteiger partial charge on any atom is 0.253 e. The van der Waals surface area contributed by atoms with Crippen molar-refractivity contribution < 1.29 is 0 Å². The minimum atomic E-state index is -0.242. The van der Waals surface area contributed by atoms with Crippen LogP contribution in [0.5, 0.6) is 0 Å². The summed E-state index contributed by atoms with van der Waals surface area (Å²) in [6, 6.07) is 9.12. The molecule has 3 heterocycles. The van der Waals surface area contributed by atoms with E-state index in [4.69, 9.17) is 0 Å². The second-order valence-electron chi connectivity index (χ2n) is 10.8. The number of fused-ring (bicyclic) bond motifs is 1. The molecule has 35 heavy (non-hydrogen) atoms. The van der Waals surface area contributed by atoms with Crippen molar-refractivity contribution in [3.05, 3.63) is 51.6 Å². The number of hydrogen-bond donors (Lipinski definition) is 1. The van der Waals surface area contributed by atoms with Gasteiger partial charge in [-0.3, -0.25) is 14.6 Å². The van der Waals surface area contributed by atoms with Gasteiger partial charge in [-0.25, -0.2) is 4.68 Å². The molecule has 0 unspecified atom stereocenters. The predicted octanol–water partition coefficient (Wildman–Crippen LogP) is 3.98. The summed E-state index contributed by atoms with van der Waals surface area (Å²) in [5, 5.41) is 14.2. The number of aromatic amines is 1. The van der Waals surface area contributed by atoms with Gasteiger partial charge in [0.1, 0.15) is 6.04 Å². The lowest BCUT2D eigenvalue weighted by atomic mass is 9.93. The van der Waals surface area contributed by atoms with Crippen LogP contribution >= 0.6 is 0 Å². The van der Waals surface area contributed by atoms with Gasteiger partial charge in [0.15, 0.2) is 5.82 Å². The number of benzene rings is 1. The highest BCUT2D eigenvalue weighted by atomic mass is 16.1. The first-order chi connectivity index (χ1) is 17.2. The SMILES string of the molecule is Cc1ccc2cc([C@@H](c3nnnn3C3CCCC3)N3CCN(C4CCCCC4)CC3)c(=O)[nH]c2c1. The molecule has 1 aromatic carbocycles. The average molecular weight is 476 g/mol. The number of aromatic nitrogens is 5. The third-order valence-electron chi connectivity index (χ3n) is 8.56. The van der Waals surface area contributed by atoms with E-state index < -0.39 is 0 Å². The lowest BCUT2D eigenvalue weighted by Crippen LogP contribution is -2.52. The third kappa shape index (κ3) is 4.54. The van der Waals surface area contributed by atoms with Crippen molar-refractivity contribution in [2.24, 2.45) is 0 Å². The average Bonchev–Trinajstić information content (AvgIpc) is 3.58. The van der Waals surface area contributed by atoms with Crippen molar-refractivity contribution >= 4 is 10.9 Å². The van der Waals surface area contributed by atoms with Crippen molar-refractivity contribution in [2.75, 3.05) is 26.2 Å². The van der Waals surface area contributed by atoms with Crippen molar-refractivity contribution in [3.8, 4) is 0 Å². The maximum absolute atomic E-state index is 13.5. The van der Waals surface area contributed by atoms with Crippen molar-refractivity contribution in [1.29, 1.82) is 0 Å². The van der Waals surface area contributed by atoms with Crippen molar-refractivity contribution in [3.63, 3.8) is 0 Å². The van der Waals surface area contributed by atoms with Gasteiger partial charge in [-0.1, -0.05) is 44.2 Å². The van der Waals surface area contributed by atoms with Crippen LogP contribution in [-0.4, -0.2) is 67.2 Å². The summed E-state index contributed by atoms with van der Waals surface area (Å²) >= 11 is 0. The molecule has 6 rings (SSSR count). The minimum absolute atomic E-state index is 0.0382. The molecule has 0 spiro atoms. The molecule has 0 radical (unpaired) electrons. The first-order valence-electron chi connectivity index (χ1n) is 13.6. The molecule has 3 aromatic rings. The zero-order valence-electron chi connectivity index (χ0n) is 20.8. The Morgan fingerprint density at radius 1 is 0.914 bits per heavy atom. The Morgan fingerprint density at radius 3 is 2.40 bits per heavy atom. The molecule has 186 valence electrons. The van der Waals surface area contributed by atoms with Crippen LogP contribution in [0, 0.1) is 6.92 Å². The Bertz CT molecular complexity index is 1210. The number of aryl methyl sites for hydroxylation is 1.